The van der Waals surface area contributed by atoms with Crippen LogP contribution in [0.15, 0.2) is 24.3 Å². The lowest BCUT2D eigenvalue weighted by Gasteiger charge is -2.38. The van der Waals surface area contributed by atoms with Crippen molar-refractivity contribution in [2.75, 3.05) is 32.7 Å². The number of piperidine rings is 2. The zero-order valence-electron chi connectivity index (χ0n) is 15.4. The Kier molecular flexibility index (Phi) is 4.98. The summed E-state index contributed by atoms with van der Waals surface area (Å²) in [5, 5.41) is 6.41. The van der Waals surface area contributed by atoms with Gasteiger partial charge in [0.05, 0.1) is 0 Å². The highest BCUT2D eigenvalue weighted by molar-refractivity contribution is 5.94. The maximum Gasteiger partial charge on any atom is 0.253 e. The molecule has 1 aromatic carbocycles. The van der Waals surface area contributed by atoms with Crippen LogP contribution in [0.2, 0.25) is 0 Å². The fourth-order valence-corrected chi connectivity index (χ4v) is 4.69. The molecule has 2 N–H and O–H groups in total. The molecule has 140 valence electrons. The topological polar surface area (TPSA) is 61.4 Å². The lowest BCUT2D eigenvalue weighted by molar-refractivity contribution is -0.119. The van der Waals surface area contributed by atoms with Crippen molar-refractivity contribution in [1.82, 2.24) is 15.5 Å². The monoisotopic (exact) mass is 355 g/mol. The van der Waals surface area contributed by atoms with Gasteiger partial charge >= 0.3 is 0 Å². The molecule has 1 spiro atoms. The summed E-state index contributed by atoms with van der Waals surface area (Å²) in [6.45, 7) is 4.53. The smallest absolute Gasteiger partial charge is 0.253 e. The van der Waals surface area contributed by atoms with Gasteiger partial charge < -0.3 is 15.5 Å². The zero-order chi connectivity index (χ0) is 18.0. The lowest BCUT2D eigenvalue weighted by atomic mass is 9.77. The van der Waals surface area contributed by atoms with Crippen LogP contribution in [0.5, 0.6) is 0 Å². The summed E-state index contributed by atoms with van der Waals surface area (Å²) in [7, 11) is 0. The van der Waals surface area contributed by atoms with Crippen molar-refractivity contribution in [3.8, 4) is 0 Å². The van der Waals surface area contributed by atoms with E-state index in [1.807, 2.05) is 17.0 Å². The van der Waals surface area contributed by atoms with E-state index >= 15 is 0 Å². The van der Waals surface area contributed by atoms with Gasteiger partial charge in [-0.25, -0.2) is 0 Å². The Hall–Kier alpha value is -1.88. The van der Waals surface area contributed by atoms with Crippen molar-refractivity contribution in [3.63, 3.8) is 0 Å². The number of amides is 2. The molecule has 1 unspecified atom stereocenters. The van der Waals surface area contributed by atoms with E-state index in [0.29, 0.717) is 12.3 Å². The molecule has 0 saturated carbocycles. The summed E-state index contributed by atoms with van der Waals surface area (Å²) in [6.07, 6.45) is 6.11. The number of hydrogen-bond donors (Lipinski definition) is 2. The number of carbonyl (C=O) groups excluding carboxylic acids is 2. The molecule has 1 atom stereocenters. The molecule has 3 fully saturated rings. The molecule has 4 rings (SSSR count). The second-order valence-electron chi connectivity index (χ2n) is 8.36. The van der Waals surface area contributed by atoms with Gasteiger partial charge in [0, 0.05) is 31.6 Å². The Morgan fingerprint density at radius 1 is 1.19 bits per heavy atom. The fraction of sp³-hybridized carbons (Fsp3) is 0.619. The van der Waals surface area contributed by atoms with Gasteiger partial charge in [-0.3, -0.25) is 9.59 Å². The third kappa shape index (κ3) is 3.78. The quantitative estimate of drug-likeness (QED) is 0.871. The normalized spacial score (nSPS) is 25.3. The molecular weight excluding hydrogens is 326 g/mol. The third-order valence-corrected chi connectivity index (χ3v) is 6.43. The molecule has 3 heterocycles. The van der Waals surface area contributed by atoms with Crippen LogP contribution in [-0.2, 0) is 11.2 Å². The first kappa shape index (κ1) is 17.5. The minimum Gasteiger partial charge on any atom is -0.356 e. The average molecular weight is 355 g/mol. The number of likely N-dealkylation sites (tertiary alicyclic amines) is 1. The molecule has 5 heteroatoms. The molecule has 0 radical (unpaired) electrons. The summed E-state index contributed by atoms with van der Waals surface area (Å²) in [4.78, 5) is 26.3. The van der Waals surface area contributed by atoms with Crippen LogP contribution < -0.4 is 10.6 Å². The summed E-state index contributed by atoms with van der Waals surface area (Å²) in [5.41, 5.74) is 2.20. The second-order valence-corrected chi connectivity index (χ2v) is 8.36. The molecule has 0 aliphatic carbocycles. The second kappa shape index (κ2) is 7.39. The van der Waals surface area contributed by atoms with Crippen molar-refractivity contribution < 1.29 is 9.59 Å². The van der Waals surface area contributed by atoms with E-state index in [9.17, 15) is 9.59 Å². The predicted octanol–water partition coefficient (Wildman–Crippen LogP) is 1.97. The molecular formula is C21H29N3O2. The minimum atomic E-state index is 0.0890. The van der Waals surface area contributed by atoms with Crippen LogP contribution in [0.3, 0.4) is 0 Å². The number of carbonyl (C=O) groups is 2. The Balaban J connectivity index is 1.32. The van der Waals surface area contributed by atoms with Crippen molar-refractivity contribution >= 4 is 11.8 Å². The number of nitrogens with one attached hydrogen (secondary N) is 2. The van der Waals surface area contributed by atoms with Crippen LogP contribution >= 0.6 is 0 Å². The van der Waals surface area contributed by atoms with Crippen LogP contribution in [-0.4, -0.2) is 49.4 Å². The molecule has 1 aromatic rings. The van der Waals surface area contributed by atoms with E-state index in [1.54, 1.807) is 0 Å². The van der Waals surface area contributed by atoms with Gasteiger partial charge in [0.15, 0.2) is 0 Å². The van der Waals surface area contributed by atoms with E-state index < -0.39 is 0 Å². The van der Waals surface area contributed by atoms with Crippen LogP contribution in [0.1, 0.15) is 48.0 Å². The van der Waals surface area contributed by atoms with Gasteiger partial charge in [-0.1, -0.05) is 12.1 Å². The van der Waals surface area contributed by atoms with E-state index in [-0.39, 0.29) is 17.2 Å². The zero-order valence-corrected chi connectivity index (χ0v) is 15.4. The van der Waals surface area contributed by atoms with Gasteiger partial charge in [-0.05, 0) is 74.2 Å². The number of nitrogens with zero attached hydrogens (tertiary/aromatic N) is 1. The summed E-state index contributed by atoms with van der Waals surface area (Å²) in [5.74, 6) is 1.00. The van der Waals surface area contributed by atoms with E-state index in [2.05, 4.69) is 22.8 Å². The molecule has 5 nitrogen and oxygen atoms in total. The minimum absolute atomic E-state index is 0.0890. The van der Waals surface area contributed by atoms with Gasteiger partial charge in [-0.2, -0.15) is 0 Å². The van der Waals surface area contributed by atoms with Crippen molar-refractivity contribution in [3.05, 3.63) is 35.4 Å². The van der Waals surface area contributed by atoms with Gasteiger partial charge in [0.1, 0.15) is 0 Å². The van der Waals surface area contributed by atoms with Crippen molar-refractivity contribution in [1.29, 1.82) is 0 Å². The predicted molar refractivity (Wildman–Crippen MR) is 101 cm³/mol. The van der Waals surface area contributed by atoms with Gasteiger partial charge in [0.25, 0.3) is 5.91 Å². The Morgan fingerprint density at radius 3 is 2.58 bits per heavy atom. The van der Waals surface area contributed by atoms with E-state index in [0.717, 1.165) is 57.5 Å². The van der Waals surface area contributed by atoms with Crippen LogP contribution in [0.4, 0.5) is 0 Å². The Labute approximate surface area is 155 Å². The van der Waals surface area contributed by atoms with E-state index in [1.165, 1.54) is 18.4 Å². The molecule has 3 saturated heterocycles. The standard InChI is InChI=1S/C21H29N3O2/c25-19-13-21(15-23-19)7-10-24(11-8-21)20(26)18-5-3-16(4-6-18)12-17-2-1-9-22-14-17/h3-6,17,22H,1-2,7-15H2,(H,23,25). The van der Waals surface area contributed by atoms with Crippen LogP contribution in [0.25, 0.3) is 0 Å². The SMILES string of the molecule is O=C1CC2(CCN(C(=O)c3ccc(CC4CCCNC4)cc3)CC2)CN1. The number of benzene rings is 1. The number of rotatable bonds is 3. The first-order chi connectivity index (χ1) is 12.6. The fourth-order valence-electron chi connectivity index (χ4n) is 4.69. The average Bonchev–Trinajstić information content (AvgIpc) is 3.03. The highest BCUT2D eigenvalue weighted by Crippen LogP contribution is 2.37. The number of hydrogen-bond acceptors (Lipinski definition) is 3. The molecule has 0 aromatic heterocycles. The van der Waals surface area contributed by atoms with Gasteiger partial charge in [-0.15, -0.1) is 0 Å². The maximum absolute atomic E-state index is 12.8. The molecule has 3 aliphatic heterocycles. The summed E-state index contributed by atoms with van der Waals surface area (Å²) >= 11 is 0. The van der Waals surface area contributed by atoms with Crippen molar-refractivity contribution in [2.24, 2.45) is 11.3 Å². The third-order valence-electron chi connectivity index (χ3n) is 6.43. The largest absolute Gasteiger partial charge is 0.356 e. The van der Waals surface area contributed by atoms with Crippen molar-refractivity contribution in [2.45, 2.75) is 38.5 Å². The first-order valence-electron chi connectivity index (χ1n) is 9.99. The highest BCUT2D eigenvalue weighted by Gasteiger charge is 2.41. The maximum atomic E-state index is 12.8. The first-order valence-corrected chi connectivity index (χ1v) is 9.99. The molecule has 26 heavy (non-hydrogen) atoms. The van der Waals surface area contributed by atoms with Gasteiger partial charge in [0.2, 0.25) is 5.91 Å². The van der Waals surface area contributed by atoms with Crippen LogP contribution in [0, 0.1) is 11.3 Å². The molecule has 3 aliphatic rings. The molecule has 0 bridgehead atoms. The van der Waals surface area contributed by atoms with E-state index in [4.69, 9.17) is 0 Å². The Morgan fingerprint density at radius 2 is 1.96 bits per heavy atom. The molecule has 2 amide bonds. The Bertz CT molecular complexity index is 656. The summed E-state index contributed by atoms with van der Waals surface area (Å²) < 4.78 is 0. The lowest BCUT2D eigenvalue weighted by Crippen LogP contribution is -2.44. The summed E-state index contributed by atoms with van der Waals surface area (Å²) in [6, 6.07) is 8.21. The highest BCUT2D eigenvalue weighted by atomic mass is 16.2.